The number of carboxylic acids is 1. The highest BCUT2D eigenvalue weighted by Crippen LogP contribution is 2.25. The van der Waals surface area contributed by atoms with Gasteiger partial charge in [-0.15, -0.1) is 0 Å². The lowest BCUT2D eigenvalue weighted by Gasteiger charge is -2.42. The van der Waals surface area contributed by atoms with Crippen LogP contribution < -0.4 is 10.9 Å². The topological polar surface area (TPSA) is 115 Å². The summed E-state index contributed by atoms with van der Waals surface area (Å²) in [4.78, 5) is 44.3. The molecule has 1 saturated carbocycles. The first-order valence-electron chi connectivity index (χ1n) is 8.89. The van der Waals surface area contributed by atoms with Crippen molar-refractivity contribution in [1.82, 2.24) is 20.2 Å². The number of carboxylic acid groups (broad SMARTS) is 1. The van der Waals surface area contributed by atoms with E-state index in [0.717, 1.165) is 0 Å². The highest BCUT2D eigenvalue weighted by atomic mass is 16.4. The number of aliphatic carboxylic acids is 1. The molecular weight excluding hydrogens is 348 g/mol. The van der Waals surface area contributed by atoms with E-state index in [4.69, 9.17) is 5.11 Å². The van der Waals surface area contributed by atoms with Crippen molar-refractivity contribution in [2.75, 3.05) is 13.1 Å². The van der Waals surface area contributed by atoms with Crippen molar-refractivity contribution in [3.8, 4) is 11.4 Å². The van der Waals surface area contributed by atoms with Crippen LogP contribution in [0.15, 0.2) is 41.3 Å². The lowest BCUT2D eigenvalue weighted by atomic mass is 9.85. The second-order valence-corrected chi connectivity index (χ2v) is 6.58. The van der Waals surface area contributed by atoms with E-state index in [1.54, 1.807) is 24.4 Å². The first kappa shape index (κ1) is 18.8. The number of H-pyrrole nitrogens is 1. The number of nitrogens with zero attached hydrogens (tertiary/aromatic N) is 2. The Hall–Kier alpha value is -3.00. The average Bonchev–Trinajstić information content (AvgIpc) is 2.63. The molecular formula is C19H22N4O4. The summed E-state index contributed by atoms with van der Waals surface area (Å²) in [5.41, 5.74) is 0.762. The Morgan fingerprint density at radius 2 is 2.07 bits per heavy atom. The normalized spacial score (nSPS) is 18.7. The molecule has 2 aromatic rings. The lowest BCUT2D eigenvalue weighted by Crippen LogP contribution is -2.55. The second kappa shape index (κ2) is 8.13. The Morgan fingerprint density at radius 3 is 2.67 bits per heavy atom. The molecule has 0 radical (unpaired) electrons. The van der Waals surface area contributed by atoms with Crippen molar-refractivity contribution in [3.63, 3.8) is 0 Å². The van der Waals surface area contributed by atoms with Crippen LogP contribution in [0.1, 0.15) is 30.1 Å². The molecule has 1 amide bonds. The number of aromatic nitrogens is 2. The zero-order valence-corrected chi connectivity index (χ0v) is 15.0. The average molecular weight is 370 g/mol. The van der Waals surface area contributed by atoms with E-state index in [1.807, 2.05) is 17.9 Å². The van der Waals surface area contributed by atoms with Crippen molar-refractivity contribution in [3.05, 3.63) is 52.4 Å². The summed E-state index contributed by atoms with van der Waals surface area (Å²) >= 11 is 0. The van der Waals surface area contributed by atoms with E-state index in [-0.39, 0.29) is 24.2 Å². The van der Waals surface area contributed by atoms with Gasteiger partial charge >= 0.3 is 5.97 Å². The highest BCUT2D eigenvalue weighted by Gasteiger charge is 2.35. The number of carbonyl (C=O) groups is 2. The van der Waals surface area contributed by atoms with Gasteiger partial charge in [-0.2, -0.15) is 0 Å². The first-order chi connectivity index (χ1) is 13.0. The Balaban J connectivity index is 1.60. The van der Waals surface area contributed by atoms with Crippen LogP contribution in [0.3, 0.4) is 0 Å². The summed E-state index contributed by atoms with van der Waals surface area (Å²) in [5.74, 6) is -1.28. The fourth-order valence-corrected chi connectivity index (χ4v) is 3.26. The van der Waals surface area contributed by atoms with Crippen molar-refractivity contribution in [2.45, 2.75) is 31.8 Å². The van der Waals surface area contributed by atoms with Gasteiger partial charge in [0.2, 0.25) is 0 Å². The number of likely N-dealkylation sites (N-methyl/N-ethyl adjacent to an activating group) is 1. The van der Waals surface area contributed by atoms with Gasteiger partial charge in [0.05, 0.1) is 17.9 Å². The molecule has 2 heterocycles. The van der Waals surface area contributed by atoms with Crippen LogP contribution in [-0.2, 0) is 4.79 Å². The van der Waals surface area contributed by atoms with E-state index in [0.29, 0.717) is 30.8 Å². The number of rotatable bonds is 7. The molecule has 0 aromatic carbocycles. The highest BCUT2D eigenvalue weighted by molar-refractivity contribution is 5.94. The summed E-state index contributed by atoms with van der Waals surface area (Å²) < 4.78 is 0. The molecule has 3 rings (SSSR count). The summed E-state index contributed by atoms with van der Waals surface area (Å²) in [6, 6.07) is 8.62. The van der Waals surface area contributed by atoms with Gasteiger partial charge in [-0.05, 0) is 43.7 Å². The molecule has 0 aliphatic heterocycles. The SMILES string of the molecule is CCN(CC(=O)O)C1CC(NC(=O)c2ccc(-c3ccccn3)[nH]c2=O)C1. The quantitative estimate of drug-likeness (QED) is 0.672. The van der Waals surface area contributed by atoms with Gasteiger partial charge in [0, 0.05) is 18.3 Å². The van der Waals surface area contributed by atoms with Crippen LogP contribution in [0.4, 0.5) is 0 Å². The van der Waals surface area contributed by atoms with E-state index in [9.17, 15) is 14.4 Å². The standard InChI is InChI=1S/C19H22N4O4/c1-2-23(11-17(24)25)13-9-12(10-13)21-18(26)14-6-7-16(22-19(14)27)15-5-3-4-8-20-15/h3-8,12-13H,2,9-11H2,1H3,(H,21,26)(H,22,27)(H,24,25). The van der Waals surface area contributed by atoms with Crippen molar-refractivity contribution >= 4 is 11.9 Å². The summed E-state index contributed by atoms with van der Waals surface area (Å²) in [7, 11) is 0. The fraction of sp³-hybridized carbons (Fsp3) is 0.368. The number of carbonyl (C=O) groups excluding carboxylic acids is 1. The lowest BCUT2D eigenvalue weighted by molar-refractivity contribution is -0.139. The van der Waals surface area contributed by atoms with Crippen molar-refractivity contribution in [2.24, 2.45) is 0 Å². The van der Waals surface area contributed by atoms with E-state index in [2.05, 4.69) is 15.3 Å². The number of aromatic amines is 1. The van der Waals surface area contributed by atoms with E-state index in [1.165, 1.54) is 6.07 Å². The van der Waals surface area contributed by atoms with Crippen molar-refractivity contribution in [1.29, 1.82) is 0 Å². The molecule has 0 atom stereocenters. The number of hydrogen-bond acceptors (Lipinski definition) is 5. The van der Waals surface area contributed by atoms with Crippen molar-refractivity contribution < 1.29 is 14.7 Å². The van der Waals surface area contributed by atoms with Gasteiger partial charge in [-0.3, -0.25) is 24.3 Å². The van der Waals surface area contributed by atoms with Gasteiger partial charge in [-0.1, -0.05) is 13.0 Å². The Labute approximate surface area is 156 Å². The van der Waals surface area contributed by atoms with Crippen LogP contribution >= 0.6 is 0 Å². The number of hydrogen-bond donors (Lipinski definition) is 3. The minimum Gasteiger partial charge on any atom is -0.480 e. The third-order valence-corrected chi connectivity index (χ3v) is 4.80. The monoisotopic (exact) mass is 370 g/mol. The maximum atomic E-state index is 12.4. The maximum Gasteiger partial charge on any atom is 0.317 e. The largest absolute Gasteiger partial charge is 0.480 e. The number of nitrogens with one attached hydrogen (secondary N) is 2. The predicted molar refractivity (Wildman–Crippen MR) is 99.5 cm³/mol. The first-order valence-corrected chi connectivity index (χ1v) is 8.89. The molecule has 0 spiro atoms. The van der Waals surface area contributed by atoms with Gasteiger partial charge in [0.25, 0.3) is 11.5 Å². The number of amides is 1. The molecule has 0 unspecified atom stereocenters. The molecule has 8 nitrogen and oxygen atoms in total. The molecule has 8 heteroatoms. The smallest absolute Gasteiger partial charge is 0.317 e. The predicted octanol–water partition coefficient (Wildman–Crippen LogP) is 1.10. The van der Waals surface area contributed by atoms with E-state index >= 15 is 0 Å². The van der Waals surface area contributed by atoms with Crippen LogP contribution in [0, 0.1) is 0 Å². The molecule has 1 aliphatic carbocycles. The van der Waals surface area contributed by atoms with Gasteiger partial charge in [-0.25, -0.2) is 0 Å². The van der Waals surface area contributed by atoms with Crippen LogP contribution in [0.25, 0.3) is 11.4 Å². The summed E-state index contributed by atoms with van der Waals surface area (Å²) in [6.07, 6.45) is 2.98. The molecule has 3 N–H and O–H groups in total. The molecule has 1 fully saturated rings. The third kappa shape index (κ3) is 4.40. The minimum absolute atomic E-state index is 0.00349. The van der Waals surface area contributed by atoms with Gasteiger partial charge in [0.15, 0.2) is 0 Å². The van der Waals surface area contributed by atoms with Crippen LogP contribution in [0.5, 0.6) is 0 Å². The molecule has 27 heavy (non-hydrogen) atoms. The molecule has 0 saturated heterocycles. The maximum absolute atomic E-state index is 12.4. The summed E-state index contributed by atoms with van der Waals surface area (Å²) in [6.45, 7) is 2.56. The minimum atomic E-state index is -0.858. The van der Waals surface area contributed by atoms with Crippen LogP contribution in [-0.4, -0.2) is 57.0 Å². The Kier molecular flexibility index (Phi) is 5.66. The third-order valence-electron chi connectivity index (χ3n) is 4.80. The zero-order valence-electron chi connectivity index (χ0n) is 15.0. The Bertz CT molecular complexity index is 875. The van der Waals surface area contributed by atoms with E-state index < -0.39 is 17.4 Å². The Morgan fingerprint density at radius 1 is 1.30 bits per heavy atom. The number of pyridine rings is 2. The molecule has 2 aromatic heterocycles. The molecule has 1 aliphatic rings. The van der Waals surface area contributed by atoms with Gasteiger partial charge < -0.3 is 15.4 Å². The van der Waals surface area contributed by atoms with Crippen LogP contribution in [0.2, 0.25) is 0 Å². The van der Waals surface area contributed by atoms with Gasteiger partial charge in [0.1, 0.15) is 5.56 Å². The molecule has 0 bridgehead atoms. The fourth-order valence-electron chi connectivity index (χ4n) is 3.26. The molecule has 142 valence electrons. The summed E-state index contributed by atoms with van der Waals surface area (Å²) in [5, 5.41) is 11.8. The zero-order chi connectivity index (χ0) is 19.4. The second-order valence-electron chi connectivity index (χ2n) is 6.58.